The van der Waals surface area contributed by atoms with E-state index in [2.05, 4.69) is 41.1 Å². The average Bonchev–Trinajstić information content (AvgIpc) is 3.42. The van der Waals surface area contributed by atoms with Gasteiger partial charge in [-0.05, 0) is 62.1 Å². The van der Waals surface area contributed by atoms with Crippen LogP contribution in [0, 0.1) is 5.92 Å². The number of carbonyl (C=O) groups is 1. The van der Waals surface area contributed by atoms with E-state index in [0.29, 0.717) is 0 Å². The fourth-order valence-corrected chi connectivity index (χ4v) is 5.69. The molecule has 1 atom stereocenters. The summed E-state index contributed by atoms with van der Waals surface area (Å²) < 4.78 is 0. The minimum Gasteiger partial charge on any atom is -0.385 e. The van der Waals surface area contributed by atoms with Crippen LogP contribution in [0.5, 0.6) is 0 Å². The molecule has 1 unspecified atom stereocenters. The molecular formula is C27H35N3O2. The molecule has 5 rings (SSSR count). The second kappa shape index (κ2) is 8.87. The van der Waals surface area contributed by atoms with Gasteiger partial charge in [-0.2, -0.15) is 0 Å². The molecule has 1 aliphatic carbocycles. The SMILES string of the molecule is CN1CCN(c2ccccc2CC2CCN(c3ccc(C4(O)CCCC4)cc3)C2=O)CC1. The third-order valence-corrected chi connectivity index (χ3v) is 7.77. The molecule has 2 aromatic carbocycles. The lowest BCUT2D eigenvalue weighted by Gasteiger charge is -2.35. The number of hydrogen-bond donors (Lipinski definition) is 1. The zero-order valence-electron chi connectivity index (χ0n) is 19.2. The van der Waals surface area contributed by atoms with Gasteiger partial charge in [0.1, 0.15) is 0 Å². The Balaban J connectivity index is 1.27. The molecule has 170 valence electrons. The smallest absolute Gasteiger partial charge is 0.230 e. The van der Waals surface area contributed by atoms with Crippen LogP contribution in [-0.4, -0.2) is 55.7 Å². The highest BCUT2D eigenvalue weighted by molar-refractivity contribution is 5.97. The van der Waals surface area contributed by atoms with E-state index in [0.717, 1.165) is 82.5 Å². The number of para-hydroxylation sites is 1. The lowest BCUT2D eigenvalue weighted by Crippen LogP contribution is -2.44. The maximum atomic E-state index is 13.3. The van der Waals surface area contributed by atoms with Gasteiger partial charge in [-0.1, -0.05) is 43.2 Å². The second-order valence-electron chi connectivity index (χ2n) is 9.88. The van der Waals surface area contributed by atoms with Crippen molar-refractivity contribution in [2.45, 2.75) is 44.1 Å². The number of amides is 1. The Labute approximate surface area is 191 Å². The summed E-state index contributed by atoms with van der Waals surface area (Å²) in [4.78, 5) is 20.1. The van der Waals surface area contributed by atoms with Crippen molar-refractivity contribution < 1.29 is 9.90 Å². The fourth-order valence-electron chi connectivity index (χ4n) is 5.69. The van der Waals surface area contributed by atoms with Crippen molar-refractivity contribution in [2.24, 2.45) is 5.92 Å². The van der Waals surface area contributed by atoms with Crippen LogP contribution in [0.15, 0.2) is 48.5 Å². The lowest BCUT2D eigenvalue weighted by molar-refractivity contribution is -0.120. The van der Waals surface area contributed by atoms with Crippen LogP contribution >= 0.6 is 0 Å². The van der Waals surface area contributed by atoms with Gasteiger partial charge in [0, 0.05) is 50.0 Å². The molecule has 3 aliphatic rings. The van der Waals surface area contributed by atoms with Crippen LogP contribution in [0.2, 0.25) is 0 Å². The van der Waals surface area contributed by atoms with Crippen LogP contribution in [0.3, 0.4) is 0 Å². The number of aliphatic hydroxyl groups is 1. The molecular weight excluding hydrogens is 398 g/mol. The summed E-state index contributed by atoms with van der Waals surface area (Å²) in [6, 6.07) is 16.7. The minimum atomic E-state index is -0.678. The topological polar surface area (TPSA) is 47.0 Å². The van der Waals surface area contributed by atoms with Crippen LogP contribution < -0.4 is 9.80 Å². The normalized spacial score (nSPS) is 23.8. The summed E-state index contributed by atoms with van der Waals surface area (Å²) in [5.74, 6) is 0.257. The van der Waals surface area contributed by atoms with Gasteiger partial charge in [-0.3, -0.25) is 4.79 Å². The van der Waals surface area contributed by atoms with Gasteiger partial charge in [0.25, 0.3) is 0 Å². The Morgan fingerprint density at radius 3 is 2.34 bits per heavy atom. The van der Waals surface area contributed by atoms with E-state index in [4.69, 9.17) is 0 Å². The first-order valence-electron chi connectivity index (χ1n) is 12.2. The molecule has 0 spiro atoms. The molecule has 0 bridgehead atoms. The Morgan fingerprint density at radius 1 is 0.938 bits per heavy atom. The van der Waals surface area contributed by atoms with Crippen molar-refractivity contribution in [3.63, 3.8) is 0 Å². The molecule has 5 nitrogen and oxygen atoms in total. The molecule has 1 saturated carbocycles. The maximum absolute atomic E-state index is 13.3. The van der Waals surface area contributed by atoms with E-state index in [1.165, 1.54) is 11.3 Å². The summed E-state index contributed by atoms with van der Waals surface area (Å²) in [5.41, 5.74) is 3.85. The second-order valence-corrected chi connectivity index (χ2v) is 9.88. The number of piperazine rings is 1. The van der Waals surface area contributed by atoms with E-state index < -0.39 is 5.60 Å². The van der Waals surface area contributed by atoms with Crippen LogP contribution in [0.1, 0.15) is 43.2 Å². The van der Waals surface area contributed by atoms with Gasteiger partial charge in [0.2, 0.25) is 5.91 Å². The minimum absolute atomic E-state index is 0.0299. The molecule has 3 fully saturated rings. The molecule has 2 aromatic rings. The highest BCUT2D eigenvalue weighted by Crippen LogP contribution is 2.39. The first-order chi connectivity index (χ1) is 15.5. The van der Waals surface area contributed by atoms with Crippen molar-refractivity contribution >= 4 is 17.3 Å². The van der Waals surface area contributed by atoms with Crippen LogP contribution in [-0.2, 0) is 16.8 Å². The first-order valence-corrected chi connectivity index (χ1v) is 12.2. The Morgan fingerprint density at radius 2 is 1.62 bits per heavy atom. The number of nitrogens with zero attached hydrogens (tertiary/aromatic N) is 3. The van der Waals surface area contributed by atoms with E-state index in [-0.39, 0.29) is 11.8 Å². The number of carbonyl (C=O) groups excluding carboxylic acids is 1. The summed E-state index contributed by atoms with van der Waals surface area (Å²) in [7, 11) is 2.18. The third kappa shape index (κ3) is 4.16. The molecule has 5 heteroatoms. The van der Waals surface area contributed by atoms with Crippen LogP contribution in [0.25, 0.3) is 0 Å². The standard InChI is InChI=1S/C27H35N3O2/c1-28-16-18-29(19-17-28)25-7-3-2-6-21(25)20-22-12-15-30(26(22)31)24-10-8-23(9-11-24)27(32)13-4-5-14-27/h2-3,6-11,22,32H,4-5,12-20H2,1H3. The number of benzene rings is 2. The molecule has 32 heavy (non-hydrogen) atoms. The number of likely N-dealkylation sites (N-methyl/N-ethyl adjacent to an activating group) is 1. The number of hydrogen-bond acceptors (Lipinski definition) is 4. The molecule has 2 saturated heterocycles. The van der Waals surface area contributed by atoms with Crippen molar-refractivity contribution in [3.05, 3.63) is 59.7 Å². The van der Waals surface area contributed by atoms with E-state index in [9.17, 15) is 9.90 Å². The number of anilines is 2. The predicted octanol–water partition coefficient (Wildman–Crippen LogP) is 3.80. The predicted molar refractivity (Wildman–Crippen MR) is 129 cm³/mol. The van der Waals surface area contributed by atoms with Gasteiger partial charge in [-0.25, -0.2) is 0 Å². The Hall–Kier alpha value is -2.37. The summed E-state index contributed by atoms with van der Waals surface area (Å²) in [6.07, 6.45) is 5.53. The summed E-state index contributed by atoms with van der Waals surface area (Å²) in [5, 5.41) is 10.8. The van der Waals surface area contributed by atoms with E-state index in [1.54, 1.807) is 0 Å². The van der Waals surface area contributed by atoms with Crippen molar-refractivity contribution in [1.29, 1.82) is 0 Å². The lowest BCUT2D eigenvalue weighted by atomic mass is 9.92. The molecule has 2 heterocycles. The summed E-state index contributed by atoms with van der Waals surface area (Å²) in [6.45, 7) is 5.00. The molecule has 1 N–H and O–H groups in total. The largest absolute Gasteiger partial charge is 0.385 e. The Kier molecular flexibility index (Phi) is 5.95. The molecule has 2 aliphatic heterocycles. The van der Waals surface area contributed by atoms with Crippen LogP contribution in [0.4, 0.5) is 11.4 Å². The highest BCUT2D eigenvalue weighted by atomic mass is 16.3. The Bertz CT molecular complexity index is 944. The zero-order chi connectivity index (χ0) is 22.1. The molecule has 0 aromatic heterocycles. The maximum Gasteiger partial charge on any atom is 0.230 e. The van der Waals surface area contributed by atoms with E-state index >= 15 is 0 Å². The van der Waals surface area contributed by atoms with Gasteiger partial charge in [0.05, 0.1) is 5.60 Å². The fraction of sp³-hybridized carbons (Fsp3) is 0.519. The van der Waals surface area contributed by atoms with E-state index in [1.807, 2.05) is 29.2 Å². The van der Waals surface area contributed by atoms with Gasteiger partial charge in [0.15, 0.2) is 0 Å². The van der Waals surface area contributed by atoms with Crippen molar-refractivity contribution in [1.82, 2.24) is 4.90 Å². The quantitative estimate of drug-likeness (QED) is 0.779. The highest BCUT2D eigenvalue weighted by Gasteiger charge is 2.35. The zero-order valence-corrected chi connectivity index (χ0v) is 19.2. The molecule has 1 amide bonds. The number of rotatable bonds is 5. The van der Waals surface area contributed by atoms with Gasteiger partial charge in [-0.15, -0.1) is 0 Å². The van der Waals surface area contributed by atoms with Gasteiger partial charge < -0.3 is 19.8 Å². The third-order valence-electron chi connectivity index (χ3n) is 7.77. The summed E-state index contributed by atoms with van der Waals surface area (Å²) >= 11 is 0. The first kappa shape index (κ1) is 21.5. The van der Waals surface area contributed by atoms with Gasteiger partial charge >= 0.3 is 0 Å². The van der Waals surface area contributed by atoms with Crippen molar-refractivity contribution in [2.75, 3.05) is 49.6 Å². The van der Waals surface area contributed by atoms with Crippen molar-refractivity contribution in [3.8, 4) is 0 Å². The monoisotopic (exact) mass is 433 g/mol. The average molecular weight is 434 g/mol. The molecule has 0 radical (unpaired) electrons.